The van der Waals surface area contributed by atoms with Gasteiger partial charge in [-0.15, -0.1) is 11.3 Å². The maximum Gasteiger partial charge on any atom is 0.159 e. The van der Waals surface area contributed by atoms with Gasteiger partial charge in [-0.1, -0.05) is 140 Å². The Bertz CT molecular complexity index is 3390. The Kier molecular flexibility index (Phi) is 7.09. The Morgan fingerprint density at radius 2 is 1.21 bits per heavy atom. The Morgan fingerprint density at radius 1 is 0.526 bits per heavy atom. The van der Waals surface area contributed by atoms with Crippen molar-refractivity contribution < 1.29 is 4.42 Å². The van der Waals surface area contributed by atoms with Crippen LogP contribution in [-0.4, -0.2) is 16.2 Å². The Morgan fingerprint density at radius 3 is 2.00 bits per heavy atom. The van der Waals surface area contributed by atoms with Crippen LogP contribution < -0.4 is 5.32 Å². The molecular formula is C51H32N4OS. The lowest BCUT2D eigenvalue weighted by atomic mass is 9.97. The summed E-state index contributed by atoms with van der Waals surface area (Å²) in [5.74, 6) is 1.46. The number of hydrogen-bond acceptors (Lipinski definition) is 5. The highest BCUT2D eigenvalue weighted by Gasteiger charge is 2.25. The van der Waals surface area contributed by atoms with E-state index in [0.717, 1.165) is 55.6 Å². The Labute approximate surface area is 331 Å². The van der Waals surface area contributed by atoms with Crippen molar-refractivity contribution in [3.63, 3.8) is 0 Å². The van der Waals surface area contributed by atoms with Crippen molar-refractivity contribution in [1.82, 2.24) is 9.88 Å². The summed E-state index contributed by atoms with van der Waals surface area (Å²) in [5.41, 5.74) is 10.5. The van der Waals surface area contributed by atoms with Crippen molar-refractivity contribution in [1.29, 1.82) is 0 Å². The van der Waals surface area contributed by atoms with Crippen molar-refractivity contribution in [3.8, 4) is 16.8 Å². The largest absolute Gasteiger partial charge is 0.456 e. The summed E-state index contributed by atoms with van der Waals surface area (Å²) >= 11 is 1.85. The third kappa shape index (κ3) is 5.01. The van der Waals surface area contributed by atoms with Crippen LogP contribution in [0.15, 0.2) is 196 Å². The molecule has 268 valence electrons. The first-order valence-electron chi connectivity index (χ1n) is 19.2. The van der Waals surface area contributed by atoms with Crippen LogP contribution in [0.25, 0.3) is 80.7 Å². The number of furan rings is 1. The molecule has 1 aliphatic heterocycles. The fourth-order valence-corrected chi connectivity index (χ4v) is 9.85. The number of rotatable bonds is 5. The molecule has 1 N–H and O–H groups in total. The fraction of sp³-hybridized carbons (Fsp3) is 0.0196. The second-order valence-corrected chi connectivity index (χ2v) is 15.6. The topological polar surface area (TPSA) is 54.8 Å². The van der Waals surface area contributed by atoms with Crippen LogP contribution in [-0.2, 0) is 0 Å². The van der Waals surface area contributed by atoms with E-state index in [1.165, 1.54) is 47.7 Å². The minimum Gasteiger partial charge on any atom is -0.456 e. The number of benzene rings is 8. The third-order valence-corrected chi connectivity index (χ3v) is 12.4. The highest BCUT2D eigenvalue weighted by molar-refractivity contribution is 7.25. The molecule has 11 aromatic rings. The van der Waals surface area contributed by atoms with Crippen LogP contribution in [0, 0.1) is 0 Å². The number of aliphatic imine (C=N–C) groups is 2. The number of hydrogen-bond donors (Lipinski definition) is 1. The van der Waals surface area contributed by atoms with Crippen LogP contribution in [0.1, 0.15) is 22.9 Å². The van der Waals surface area contributed by atoms with Crippen molar-refractivity contribution in [2.24, 2.45) is 9.98 Å². The van der Waals surface area contributed by atoms with E-state index in [9.17, 15) is 0 Å². The zero-order valence-electron chi connectivity index (χ0n) is 30.6. The molecule has 6 heteroatoms. The first-order valence-corrected chi connectivity index (χ1v) is 20.0. The number of fused-ring (bicyclic) bond motifs is 9. The average molecular weight is 749 g/mol. The highest BCUT2D eigenvalue weighted by Crippen LogP contribution is 2.44. The molecule has 0 aliphatic carbocycles. The molecule has 0 bridgehead atoms. The Balaban J connectivity index is 1.03. The molecule has 0 fully saturated rings. The van der Waals surface area contributed by atoms with Crippen molar-refractivity contribution >= 4 is 86.9 Å². The summed E-state index contributed by atoms with van der Waals surface area (Å²) in [6, 6.07) is 64.3. The molecular weight excluding hydrogens is 717 g/mol. The van der Waals surface area contributed by atoms with E-state index in [-0.39, 0.29) is 0 Å². The minimum absolute atomic E-state index is 0.409. The lowest BCUT2D eigenvalue weighted by Gasteiger charge is -2.23. The minimum atomic E-state index is -0.409. The molecule has 0 radical (unpaired) electrons. The van der Waals surface area contributed by atoms with Crippen molar-refractivity contribution in [3.05, 3.63) is 199 Å². The molecule has 0 spiro atoms. The number of aromatic nitrogens is 1. The first kappa shape index (κ1) is 32.0. The number of amidine groups is 2. The molecule has 1 atom stereocenters. The molecule has 57 heavy (non-hydrogen) atoms. The van der Waals surface area contributed by atoms with Crippen molar-refractivity contribution in [2.45, 2.75) is 6.17 Å². The molecule has 3 aromatic heterocycles. The standard InChI is InChI=1S/C51H32N4OS/c1-3-14-31(15-4-1)49-52-50(32-16-5-2-6-17-32)54-51(53-49)38-22-11-21-37-46-34(20-12-26-43(46)56-48(37)38)33-28-29-44-39(30-33)47-42(25-13-27-45(47)57-44)55-40-23-9-7-18-35(40)36-19-8-10-24-41(36)55/h1-30,51H,(H,52,53,54). The van der Waals surface area contributed by atoms with Crippen LogP contribution >= 0.6 is 11.3 Å². The van der Waals surface area contributed by atoms with E-state index in [2.05, 4.69) is 155 Å². The van der Waals surface area contributed by atoms with Gasteiger partial charge in [0.25, 0.3) is 0 Å². The quantitative estimate of drug-likeness (QED) is 0.191. The van der Waals surface area contributed by atoms with E-state index >= 15 is 0 Å². The molecule has 1 aliphatic rings. The number of nitrogens with zero attached hydrogens (tertiary/aromatic N) is 3. The molecule has 8 aromatic carbocycles. The molecule has 1 unspecified atom stereocenters. The average Bonchev–Trinajstić information content (AvgIpc) is 3.96. The van der Waals surface area contributed by atoms with Gasteiger partial charge in [0.2, 0.25) is 0 Å². The van der Waals surface area contributed by atoms with Gasteiger partial charge in [0.1, 0.15) is 17.0 Å². The molecule has 4 heterocycles. The summed E-state index contributed by atoms with van der Waals surface area (Å²) in [6.07, 6.45) is -0.409. The highest BCUT2D eigenvalue weighted by atomic mass is 32.1. The van der Waals surface area contributed by atoms with Crippen LogP contribution in [0.5, 0.6) is 0 Å². The Hall–Kier alpha value is -7.28. The van der Waals surface area contributed by atoms with Gasteiger partial charge in [0, 0.05) is 58.4 Å². The molecule has 0 saturated carbocycles. The summed E-state index contributed by atoms with van der Waals surface area (Å²) in [4.78, 5) is 10.2. The zero-order chi connectivity index (χ0) is 37.5. The fourth-order valence-electron chi connectivity index (χ4n) is 8.74. The lowest BCUT2D eigenvalue weighted by Crippen LogP contribution is -2.33. The van der Waals surface area contributed by atoms with Crippen LogP contribution in [0.3, 0.4) is 0 Å². The first-order chi connectivity index (χ1) is 28.3. The predicted molar refractivity (Wildman–Crippen MR) is 238 cm³/mol. The van der Waals surface area contributed by atoms with Crippen molar-refractivity contribution in [2.75, 3.05) is 0 Å². The van der Waals surface area contributed by atoms with Crippen LogP contribution in [0.4, 0.5) is 0 Å². The van der Waals surface area contributed by atoms with E-state index in [1.54, 1.807) is 0 Å². The lowest BCUT2D eigenvalue weighted by molar-refractivity contribution is 0.628. The SMILES string of the molecule is c1ccc(C2=NC(c3cccc4c3oc3cccc(-c5ccc6sc7cccc(-n8c9ccccc9c9ccccc98)c7c6c5)c34)NC(c3ccccc3)=N2)cc1. The van der Waals surface area contributed by atoms with E-state index in [1.807, 2.05) is 47.7 Å². The van der Waals surface area contributed by atoms with Gasteiger partial charge in [0.05, 0.1) is 16.7 Å². The van der Waals surface area contributed by atoms with E-state index in [0.29, 0.717) is 5.84 Å². The smallest absolute Gasteiger partial charge is 0.159 e. The third-order valence-electron chi connectivity index (χ3n) is 11.3. The van der Waals surface area contributed by atoms with Gasteiger partial charge in [-0.25, -0.2) is 9.98 Å². The summed E-state index contributed by atoms with van der Waals surface area (Å²) in [5, 5.41) is 10.8. The molecule has 12 rings (SSSR count). The summed E-state index contributed by atoms with van der Waals surface area (Å²) in [6.45, 7) is 0. The normalized spacial score (nSPS) is 14.5. The molecule has 5 nitrogen and oxygen atoms in total. The summed E-state index contributed by atoms with van der Waals surface area (Å²) in [7, 11) is 0. The number of thiophene rings is 1. The maximum absolute atomic E-state index is 6.82. The second kappa shape index (κ2) is 12.6. The van der Waals surface area contributed by atoms with Gasteiger partial charge in [-0.3, -0.25) is 0 Å². The monoisotopic (exact) mass is 748 g/mol. The summed E-state index contributed by atoms with van der Waals surface area (Å²) < 4.78 is 11.8. The second-order valence-electron chi connectivity index (χ2n) is 14.5. The molecule has 0 amide bonds. The number of nitrogens with one attached hydrogen (secondary N) is 1. The van der Waals surface area contributed by atoms with E-state index in [4.69, 9.17) is 14.4 Å². The van der Waals surface area contributed by atoms with Crippen LogP contribution in [0.2, 0.25) is 0 Å². The van der Waals surface area contributed by atoms with E-state index < -0.39 is 6.17 Å². The van der Waals surface area contributed by atoms with Gasteiger partial charge >= 0.3 is 0 Å². The van der Waals surface area contributed by atoms with Gasteiger partial charge in [-0.2, -0.15) is 0 Å². The van der Waals surface area contributed by atoms with Gasteiger partial charge < -0.3 is 14.3 Å². The molecule has 0 saturated heterocycles. The maximum atomic E-state index is 6.82. The van der Waals surface area contributed by atoms with Gasteiger partial charge in [-0.05, 0) is 53.6 Å². The predicted octanol–water partition coefficient (Wildman–Crippen LogP) is 13.2. The zero-order valence-corrected chi connectivity index (χ0v) is 31.4. The van der Waals surface area contributed by atoms with Gasteiger partial charge in [0.15, 0.2) is 12.0 Å². The number of para-hydroxylation sites is 3.